The van der Waals surface area contributed by atoms with Crippen molar-refractivity contribution >= 4 is 23.5 Å². The van der Waals surface area contributed by atoms with Crippen molar-refractivity contribution in [2.75, 3.05) is 7.11 Å². The third-order valence-corrected chi connectivity index (χ3v) is 4.09. The summed E-state index contributed by atoms with van der Waals surface area (Å²) in [6, 6.07) is 14.1. The van der Waals surface area contributed by atoms with E-state index in [0.29, 0.717) is 29.2 Å². The lowest BCUT2D eigenvalue weighted by Crippen LogP contribution is -2.37. The largest absolute Gasteiger partial charge is 0.495 e. The van der Waals surface area contributed by atoms with Crippen molar-refractivity contribution in [1.29, 1.82) is 0 Å². The monoisotopic (exact) mass is 361 g/mol. The number of carbonyl (C=O) groups is 2. The van der Waals surface area contributed by atoms with Crippen LogP contribution >= 0.6 is 11.6 Å². The predicted octanol–water partition coefficient (Wildman–Crippen LogP) is 3.55. The van der Waals surface area contributed by atoms with Crippen LogP contribution in [0.4, 0.5) is 0 Å². The number of ether oxygens (including phenoxy) is 1. The lowest BCUT2D eigenvalue weighted by atomic mass is 10.0. The summed E-state index contributed by atoms with van der Waals surface area (Å²) in [5.41, 5.74) is 1.45. The number of carbonyl (C=O) groups excluding carboxylic acids is 1. The summed E-state index contributed by atoms with van der Waals surface area (Å²) in [5.74, 6) is -0.763. The van der Waals surface area contributed by atoms with Crippen LogP contribution < -0.4 is 10.1 Å². The molecule has 1 atom stereocenters. The zero-order chi connectivity index (χ0) is 18.2. The molecular formula is C19H20ClNO4. The van der Waals surface area contributed by atoms with Crippen LogP contribution in [-0.4, -0.2) is 30.1 Å². The first-order valence-corrected chi connectivity index (χ1v) is 8.27. The highest BCUT2D eigenvalue weighted by Crippen LogP contribution is 2.25. The first-order valence-electron chi connectivity index (χ1n) is 7.89. The van der Waals surface area contributed by atoms with Crippen LogP contribution in [0.25, 0.3) is 0 Å². The molecule has 0 aliphatic carbocycles. The molecule has 0 radical (unpaired) electrons. The number of amides is 1. The molecule has 132 valence electrons. The Labute approximate surface area is 151 Å². The van der Waals surface area contributed by atoms with Crippen molar-refractivity contribution < 1.29 is 19.4 Å². The molecule has 1 unspecified atom stereocenters. The van der Waals surface area contributed by atoms with E-state index in [1.54, 1.807) is 18.2 Å². The van der Waals surface area contributed by atoms with E-state index in [1.807, 2.05) is 30.3 Å². The summed E-state index contributed by atoms with van der Waals surface area (Å²) < 4.78 is 5.13. The molecule has 0 aliphatic heterocycles. The number of benzene rings is 2. The second kappa shape index (κ2) is 9.08. The number of hydrogen-bond acceptors (Lipinski definition) is 3. The molecule has 2 aromatic rings. The Hall–Kier alpha value is -2.53. The van der Waals surface area contributed by atoms with Crippen LogP contribution in [0, 0.1) is 0 Å². The standard InChI is InChI=1S/C19H20ClNO4/c1-25-17-12-14(7-9-16(17)20)19(24)21-15(8-10-18(22)23)11-13-5-3-2-4-6-13/h2-7,9,12,15H,8,10-11H2,1H3,(H,21,24)(H,22,23). The Balaban J connectivity index is 2.11. The van der Waals surface area contributed by atoms with Crippen molar-refractivity contribution in [1.82, 2.24) is 5.32 Å². The third kappa shape index (κ3) is 5.80. The average Bonchev–Trinajstić information content (AvgIpc) is 2.60. The van der Waals surface area contributed by atoms with Gasteiger partial charge in [-0.25, -0.2) is 0 Å². The topological polar surface area (TPSA) is 75.6 Å². The van der Waals surface area contributed by atoms with E-state index >= 15 is 0 Å². The van der Waals surface area contributed by atoms with Gasteiger partial charge in [0, 0.05) is 18.0 Å². The van der Waals surface area contributed by atoms with E-state index in [2.05, 4.69) is 5.32 Å². The number of hydrogen-bond donors (Lipinski definition) is 2. The highest BCUT2D eigenvalue weighted by atomic mass is 35.5. The van der Waals surface area contributed by atoms with Gasteiger partial charge in [0.15, 0.2) is 0 Å². The molecule has 2 aromatic carbocycles. The van der Waals surface area contributed by atoms with Crippen molar-refractivity contribution in [2.24, 2.45) is 0 Å². The minimum atomic E-state index is -0.888. The van der Waals surface area contributed by atoms with Crippen LogP contribution in [0.3, 0.4) is 0 Å². The van der Waals surface area contributed by atoms with Crippen molar-refractivity contribution in [3.05, 3.63) is 64.7 Å². The molecule has 25 heavy (non-hydrogen) atoms. The van der Waals surface area contributed by atoms with Crippen molar-refractivity contribution in [2.45, 2.75) is 25.3 Å². The van der Waals surface area contributed by atoms with E-state index < -0.39 is 5.97 Å². The summed E-state index contributed by atoms with van der Waals surface area (Å²) >= 11 is 5.98. The summed E-state index contributed by atoms with van der Waals surface area (Å²) in [6.45, 7) is 0. The fourth-order valence-corrected chi connectivity index (χ4v) is 2.69. The second-order valence-corrected chi connectivity index (χ2v) is 6.05. The zero-order valence-electron chi connectivity index (χ0n) is 13.9. The number of rotatable bonds is 8. The minimum absolute atomic E-state index is 0.0122. The van der Waals surface area contributed by atoms with E-state index in [9.17, 15) is 9.59 Å². The maximum absolute atomic E-state index is 12.5. The van der Waals surface area contributed by atoms with Crippen molar-refractivity contribution in [3.8, 4) is 5.75 Å². The molecule has 1 amide bonds. The third-order valence-electron chi connectivity index (χ3n) is 3.78. The van der Waals surface area contributed by atoms with Crippen LogP contribution in [0.5, 0.6) is 5.75 Å². The molecule has 0 heterocycles. The highest BCUT2D eigenvalue weighted by Gasteiger charge is 2.17. The fourth-order valence-electron chi connectivity index (χ4n) is 2.49. The van der Waals surface area contributed by atoms with Gasteiger partial charge in [0.05, 0.1) is 12.1 Å². The minimum Gasteiger partial charge on any atom is -0.495 e. The molecule has 0 saturated heterocycles. The number of methoxy groups -OCH3 is 1. The van der Waals surface area contributed by atoms with Gasteiger partial charge < -0.3 is 15.2 Å². The van der Waals surface area contributed by atoms with E-state index in [1.165, 1.54) is 7.11 Å². The molecule has 0 aliphatic rings. The molecule has 5 nitrogen and oxygen atoms in total. The Morgan fingerprint density at radius 2 is 1.92 bits per heavy atom. The van der Waals surface area contributed by atoms with E-state index in [-0.39, 0.29) is 18.4 Å². The number of nitrogens with one attached hydrogen (secondary N) is 1. The molecule has 0 aromatic heterocycles. The van der Waals surface area contributed by atoms with Gasteiger partial charge in [-0.15, -0.1) is 0 Å². The molecule has 0 bridgehead atoms. The predicted molar refractivity (Wildman–Crippen MR) is 96.3 cm³/mol. The van der Waals surface area contributed by atoms with Gasteiger partial charge in [-0.05, 0) is 36.6 Å². The zero-order valence-corrected chi connectivity index (χ0v) is 14.6. The Bertz CT molecular complexity index is 733. The van der Waals surface area contributed by atoms with Crippen LogP contribution in [0.15, 0.2) is 48.5 Å². The van der Waals surface area contributed by atoms with E-state index in [4.69, 9.17) is 21.4 Å². The number of carboxylic acids is 1. The number of carboxylic acid groups (broad SMARTS) is 1. The molecule has 6 heteroatoms. The lowest BCUT2D eigenvalue weighted by molar-refractivity contribution is -0.137. The van der Waals surface area contributed by atoms with Gasteiger partial charge in [0.25, 0.3) is 5.91 Å². The fraction of sp³-hybridized carbons (Fsp3) is 0.263. The second-order valence-electron chi connectivity index (χ2n) is 5.64. The van der Waals surface area contributed by atoms with Gasteiger partial charge in [0.2, 0.25) is 0 Å². The lowest BCUT2D eigenvalue weighted by Gasteiger charge is -2.18. The van der Waals surface area contributed by atoms with Crippen LogP contribution in [-0.2, 0) is 11.2 Å². The van der Waals surface area contributed by atoms with Crippen LogP contribution in [0.1, 0.15) is 28.8 Å². The normalized spacial score (nSPS) is 11.6. The van der Waals surface area contributed by atoms with Gasteiger partial charge in [-0.3, -0.25) is 9.59 Å². The molecule has 0 saturated carbocycles. The maximum Gasteiger partial charge on any atom is 0.303 e. The maximum atomic E-state index is 12.5. The molecule has 2 rings (SSSR count). The highest BCUT2D eigenvalue weighted by molar-refractivity contribution is 6.32. The summed E-state index contributed by atoms with van der Waals surface area (Å²) in [5, 5.41) is 12.3. The first kappa shape index (κ1) is 18.8. The van der Waals surface area contributed by atoms with Gasteiger partial charge in [-0.1, -0.05) is 41.9 Å². The summed E-state index contributed by atoms with van der Waals surface area (Å²) in [4.78, 5) is 23.4. The summed E-state index contributed by atoms with van der Waals surface area (Å²) in [7, 11) is 1.48. The first-order chi connectivity index (χ1) is 12.0. The molecule has 0 spiro atoms. The van der Waals surface area contributed by atoms with Gasteiger partial charge in [0.1, 0.15) is 5.75 Å². The molecule has 0 fully saturated rings. The smallest absolute Gasteiger partial charge is 0.303 e. The molecule has 2 N–H and O–H groups in total. The average molecular weight is 362 g/mol. The van der Waals surface area contributed by atoms with Crippen LogP contribution in [0.2, 0.25) is 5.02 Å². The van der Waals surface area contributed by atoms with Gasteiger partial charge >= 0.3 is 5.97 Å². The SMILES string of the molecule is COc1cc(C(=O)NC(CCC(=O)O)Cc2ccccc2)ccc1Cl. The van der Waals surface area contributed by atoms with Crippen molar-refractivity contribution in [3.63, 3.8) is 0 Å². The quantitative estimate of drug-likeness (QED) is 0.753. The van der Waals surface area contributed by atoms with Gasteiger partial charge in [-0.2, -0.15) is 0 Å². The molecular weight excluding hydrogens is 342 g/mol. The Morgan fingerprint density at radius 1 is 1.20 bits per heavy atom. The Kier molecular flexibility index (Phi) is 6.83. The summed E-state index contributed by atoms with van der Waals surface area (Å²) in [6.07, 6.45) is 0.896. The van der Waals surface area contributed by atoms with E-state index in [0.717, 1.165) is 5.56 Å². The number of halogens is 1. The number of aliphatic carboxylic acids is 1. The Morgan fingerprint density at radius 3 is 2.56 bits per heavy atom.